The summed E-state index contributed by atoms with van der Waals surface area (Å²) < 4.78 is 52.3. The van der Waals surface area contributed by atoms with E-state index in [9.17, 15) is 12.8 Å². The Bertz CT molecular complexity index is 1160. The van der Waals surface area contributed by atoms with Gasteiger partial charge in [0.05, 0.1) is 19.4 Å². The van der Waals surface area contributed by atoms with Crippen molar-refractivity contribution in [3.63, 3.8) is 0 Å². The first kappa shape index (κ1) is 21.1. The van der Waals surface area contributed by atoms with Crippen molar-refractivity contribution in [3.05, 3.63) is 66.4 Å². The molecule has 0 saturated carbocycles. The minimum atomic E-state index is -4.00. The molecular weight excluding hydrogens is 425 g/mol. The standard InChI is InChI=1S/C20H20FN5O4S/c1-29-16-7-6-14(21)12-18(16)31(27,28)26-10-11-30-17(13-26)15-4-2-5-19(24-15)25-20-22-8-3-9-23-20/h2-9,12,17H,10-11,13H2,1H3,(H,22,23,24,25)/t17-/m1/s1. The zero-order valence-corrected chi connectivity index (χ0v) is 17.4. The second kappa shape index (κ2) is 8.92. The van der Waals surface area contributed by atoms with E-state index < -0.39 is 21.9 Å². The van der Waals surface area contributed by atoms with Crippen LogP contribution in [0.5, 0.6) is 5.75 Å². The van der Waals surface area contributed by atoms with Gasteiger partial charge in [0, 0.05) is 25.5 Å². The van der Waals surface area contributed by atoms with Crippen LogP contribution in [-0.2, 0) is 14.8 Å². The lowest BCUT2D eigenvalue weighted by atomic mass is 10.2. The molecule has 31 heavy (non-hydrogen) atoms. The smallest absolute Gasteiger partial charge is 0.247 e. The Morgan fingerprint density at radius 3 is 2.77 bits per heavy atom. The van der Waals surface area contributed by atoms with E-state index in [-0.39, 0.29) is 30.3 Å². The summed E-state index contributed by atoms with van der Waals surface area (Å²) in [6.45, 7) is 0.331. The van der Waals surface area contributed by atoms with Gasteiger partial charge in [-0.2, -0.15) is 4.31 Å². The van der Waals surface area contributed by atoms with Crippen molar-refractivity contribution in [3.8, 4) is 5.75 Å². The van der Waals surface area contributed by atoms with E-state index in [0.29, 0.717) is 17.5 Å². The highest BCUT2D eigenvalue weighted by atomic mass is 32.2. The fourth-order valence-electron chi connectivity index (χ4n) is 3.19. The number of hydrogen-bond acceptors (Lipinski definition) is 8. The van der Waals surface area contributed by atoms with Crippen LogP contribution < -0.4 is 10.1 Å². The van der Waals surface area contributed by atoms with Gasteiger partial charge in [0.2, 0.25) is 16.0 Å². The van der Waals surface area contributed by atoms with Gasteiger partial charge >= 0.3 is 0 Å². The third kappa shape index (κ3) is 4.63. The maximum atomic E-state index is 13.8. The number of halogens is 1. The quantitative estimate of drug-likeness (QED) is 0.617. The molecule has 1 aliphatic heterocycles. The van der Waals surface area contributed by atoms with E-state index in [2.05, 4.69) is 20.3 Å². The van der Waals surface area contributed by atoms with Crippen molar-refractivity contribution in [1.29, 1.82) is 0 Å². The van der Waals surface area contributed by atoms with Gasteiger partial charge in [0.15, 0.2) is 0 Å². The molecule has 11 heteroatoms. The Morgan fingerprint density at radius 1 is 1.19 bits per heavy atom. The minimum absolute atomic E-state index is 0.0281. The van der Waals surface area contributed by atoms with E-state index in [0.717, 1.165) is 12.1 Å². The molecule has 0 unspecified atom stereocenters. The largest absolute Gasteiger partial charge is 0.495 e. The third-order valence-corrected chi connectivity index (χ3v) is 6.57. The van der Waals surface area contributed by atoms with Crippen molar-refractivity contribution in [2.75, 3.05) is 32.1 Å². The number of aromatic nitrogens is 3. The first-order valence-electron chi connectivity index (χ1n) is 9.43. The molecule has 1 atom stereocenters. The molecule has 162 valence electrons. The Kier molecular flexibility index (Phi) is 6.07. The number of methoxy groups -OCH3 is 1. The predicted molar refractivity (Wildman–Crippen MR) is 110 cm³/mol. The normalized spacial score (nSPS) is 17.3. The van der Waals surface area contributed by atoms with Crippen molar-refractivity contribution >= 4 is 21.8 Å². The maximum Gasteiger partial charge on any atom is 0.247 e. The Hall–Kier alpha value is -3.15. The molecule has 1 N–H and O–H groups in total. The van der Waals surface area contributed by atoms with Crippen molar-refractivity contribution in [2.24, 2.45) is 0 Å². The summed E-state index contributed by atoms with van der Waals surface area (Å²) in [7, 11) is -2.66. The third-order valence-electron chi connectivity index (χ3n) is 4.68. The highest BCUT2D eigenvalue weighted by molar-refractivity contribution is 7.89. The van der Waals surface area contributed by atoms with Gasteiger partial charge in [-0.15, -0.1) is 0 Å². The van der Waals surface area contributed by atoms with Crippen LogP contribution in [0, 0.1) is 5.82 Å². The van der Waals surface area contributed by atoms with Crippen molar-refractivity contribution in [2.45, 2.75) is 11.0 Å². The molecule has 0 radical (unpaired) electrons. The van der Waals surface area contributed by atoms with Gasteiger partial charge in [-0.3, -0.25) is 0 Å². The monoisotopic (exact) mass is 445 g/mol. The lowest BCUT2D eigenvalue weighted by Crippen LogP contribution is -2.42. The fraction of sp³-hybridized carbons (Fsp3) is 0.250. The molecule has 0 aliphatic carbocycles. The highest BCUT2D eigenvalue weighted by Gasteiger charge is 2.34. The first-order valence-corrected chi connectivity index (χ1v) is 10.9. The van der Waals surface area contributed by atoms with Gasteiger partial charge in [-0.05, 0) is 36.4 Å². The number of nitrogens with one attached hydrogen (secondary N) is 1. The molecule has 1 aliphatic rings. The number of sulfonamides is 1. The molecular formula is C20H20FN5O4S. The number of nitrogens with zero attached hydrogens (tertiary/aromatic N) is 4. The van der Waals surface area contributed by atoms with Gasteiger partial charge in [0.25, 0.3) is 0 Å². The SMILES string of the molecule is COc1ccc(F)cc1S(=O)(=O)N1CCO[C@@H](c2cccc(Nc3ncccn3)n2)C1. The zero-order chi connectivity index (χ0) is 21.8. The lowest BCUT2D eigenvalue weighted by molar-refractivity contribution is -0.00490. The highest BCUT2D eigenvalue weighted by Crippen LogP contribution is 2.31. The number of morpholine rings is 1. The Labute approximate surface area is 178 Å². The Morgan fingerprint density at radius 2 is 2.00 bits per heavy atom. The molecule has 0 amide bonds. The summed E-state index contributed by atoms with van der Waals surface area (Å²) in [6, 6.07) is 10.4. The average molecular weight is 445 g/mol. The number of ether oxygens (including phenoxy) is 2. The summed E-state index contributed by atoms with van der Waals surface area (Å²) >= 11 is 0. The van der Waals surface area contributed by atoms with Crippen LogP contribution in [0.4, 0.5) is 16.2 Å². The van der Waals surface area contributed by atoms with Gasteiger partial charge in [-0.25, -0.2) is 27.8 Å². The van der Waals surface area contributed by atoms with Crippen molar-refractivity contribution in [1.82, 2.24) is 19.3 Å². The van der Waals surface area contributed by atoms with E-state index in [4.69, 9.17) is 9.47 Å². The van der Waals surface area contributed by atoms with Crippen LogP contribution in [0.25, 0.3) is 0 Å². The average Bonchev–Trinajstić information content (AvgIpc) is 2.80. The van der Waals surface area contributed by atoms with E-state index in [1.807, 2.05) is 0 Å². The molecule has 0 bridgehead atoms. The number of hydrogen-bond donors (Lipinski definition) is 1. The number of benzene rings is 1. The van der Waals surface area contributed by atoms with Crippen LogP contribution in [-0.4, -0.2) is 54.5 Å². The summed E-state index contributed by atoms with van der Waals surface area (Å²) in [5, 5.41) is 2.99. The predicted octanol–water partition coefficient (Wildman–Crippen LogP) is 2.53. The van der Waals surface area contributed by atoms with E-state index in [1.165, 1.54) is 17.5 Å². The van der Waals surface area contributed by atoms with Gasteiger partial charge in [-0.1, -0.05) is 6.07 Å². The maximum absolute atomic E-state index is 13.8. The fourth-order valence-corrected chi connectivity index (χ4v) is 4.78. The molecule has 3 aromatic rings. The second-order valence-electron chi connectivity index (χ2n) is 6.66. The lowest BCUT2D eigenvalue weighted by Gasteiger charge is -2.32. The van der Waals surface area contributed by atoms with Crippen LogP contribution >= 0.6 is 0 Å². The minimum Gasteiger partial charge on any atom is -0.495 e. The summed E-state index contributed by atoms with van der Waals surface area (Å²) in [5.41, 5.74) is 0.548. The zero-order valence-electron chi connectivity index (χ0n) is 16.6. The van der Waals surface area contributed by atoms with E-state index in [1.54, 1.807) is 36.7 Å². The molecule has 0 spiro atoms. The molecule has 3 heterocycles. The van der Waals surface area contributed by atoms with Gasteiger partial charge < -0.3 is 14.8 Å². The topological polar surface area (TPSA) is 107 Å². The number of rotatable bonds is 6. The molecule has 9 nitrogen and oxygen atoms in total. The van der Waals surface area contributed by atoms with Crippen LogP contribution in [0.1, 0.15) is 11.8 Å². The number of pyridine rings is 1. The molecule has 2 aromatic heterocycles. The first-order chi connectivity index (χ1) is 15.0. The van der Waals surface area contributed by atoms with E-state index >= 15 is 0 Å². The summed E-state index contributed by atoms with van der Waals surface area (Å²) in [4.78, 5) is 12.5. The summed E-state index contributed by atoms with van der Waals surface area (Å²) in [6.07, 6.45) is 2.61. The van der Waals surface area contributed by atoms with Crippen LogP contribution in [0.2, 0.25) is 0 Å². The van der Waals surface area contributed by atoms with Crippen molar-refractivity contribution < 1.29 is 22.3 Å². The molecule has 4 rings (SSSR count). The van der Waals surface area contributed by atoms with Gasteiger partial charge in [0.1, 0.15) is 28.4 Å². The van der Waals surface area contributed by atoms with Crippen LogP contribution in [0.3, 0.4) is 0 Å². The second-order valence-corrected chi connectivity index (χ2v) is 8.57. The Balaban J connectivity index is 1.56. The van der Waals surface area contributed by atoms with Crippen LogP contribution in [0.15, 0.2) is 59.8 Å². The summed E-state index contributed by atoms with van der Waals surface area (Å²) in [5.74, 6) is 0.308. The molecule has 1 fully saturated rings. The molecule has 1 saturated heterocycles. The number of anilines is 2. The molecule has 1 aromatic carbocycles.